The first kappa shape index (κ1) is 12.0. The van der Waals surface area contributed by atoms with E-state index < -0.39 is 0 Å². The monoisotopic (exact) mass is 234 g/mol. The molecule has 0 bridgehead atoms. The molecule has 0 saturated heterocycles. The molecule has 1 saturated carbocycles. The maximum Gasteiger partial charge on any atom is 0.00722 e. The van der Waals surface area contributed by atoms with E-state index in [1.54, 1.807) is 0 Å². The molecule has 88 valence electrons. The molecule has 1 fully saturated rings. The number of hydrogen-bond donors (Lipinski definition) is 0. The normalized spacial score (nSPS) is 23.6. The predicted octanol–water partition coefficient (Wildman–Crippen LogP) is 4.91. The molecular weight excluding hydrogens is 212 g/mol. The molecule has 0 N–H and O–H groups in total. The highest BCUT2D eigenvalue weighted by Crippen LogP contribution is 2.44. The van der Waals surface area contributed by atoms with Crippen molar-refractivity contribution in [3.63, 3.8) is 0 Å². The molecule has 1 aliphatic rings. The highest BCUT2D eigenvalue weighted by atomic mass is 32.2. The van der Waals surface area contributed by atoms with E-state index >= 15 is 0 Å². The van der Waals surface area contributed by atoms with Crippen LogP contribution in [-0.2, 0) is 0 Å². The molecule has 0 spiro atoms. The van der Waals surface area contributed by atoms with E-state index in [4.69, 9.17) is 0 Å². The Bertz CT molecular complexity index is 337. The summed E-state index contributed by atoms with van der Waals surface area (Å²) in [5.41, 5.74) is 1.92. The lowest BCUT2D eigenvalue weighted by Crippen LogP contribution is -2.19. The molecule has 1 aromatic rings. The Balaban J connectivity index is 1.90. The highest BCUT2D eigenvalue weighted by molar-refractivity contribution is 7.99. The fraction of sp³-hybridized carbons (Fsp3) is 0.600. The largest absolute Gasteiger partial charge is 0.126 e. The second-order valence-electron chi connectivity index (χ2n) is 5.70. The van der Waals surface area contributed by atoms with Crippen LogP contribution in [0.15, 0.2) is 29.2 Å². The Kier molecular flexibility index (Phi) is 3.63. The molecular formula is C15H22S. The minimum absolute atomic E-state index is 0.567. The first-order chi connectivity index (χ1) is 7.58. The van der Waals surface area contributed by atoms with Gasteiger partial charge in [0.1, 0.15) is 0 Å². The number of benzene rings is 1. The summed E-state index contributed by atoms with van der Waals surface area (Å²) in [6.07, 6.45) is 4.25. The zero-order valence-corrected chi connectivity index (χ0v) is 11.4. The van der Waals surface area contributed by atoms with Gasteiger partial charge < -0.3 is 0 Å². The predicted molar refractivity (Wildman–Crippen MR) is 73.0 cm³/mol. The maximum absolute atomic E-state index is 2.43. The van der Waals surface area contributed by atoms with E-state index in [2.05, 4.69) is 45.0 Å². The minimum atomic E-state index is 0.567. The smallest absolute Gasteiger partial charge is 0.00722 e. The van der Waals surface area contributed by atoms with Crippen molar-refractivity contribution >= 4 is 11.8 Å². The number of thioether (sulfide) groups is 1. The summed E-state index contributed by atoms with van der Waals surface area (Å²) in [6, 6.07) is 8.92. The van der Waals surface area contributed by atoms with Gasteiger partial charge in [-0.15, -0.1) is 11.8 Å². The minimum Gasteiger partial charge on any atom is -0.126 e. The van der Waals surface area contributed by atoms with Gasteiger partial charge in [0.15, 0.2) is 0 Å². The molecule has 16 heavy (non-hydrogen) atoms. The maximum atomic E-state index is 2.43. The molecule has 1 aromatic carbocycles. The van der Waals surface area contributed by atoms with Crippen LogP contribution in [0.2, 0.25) is 0 Å². The van der Waals surface area contributed by atoms with Crippen molar-refractivity contribution in [3.8, 4) is 0 Å². The van der Waals surface area contributed by atoms with Gasteiger partial charge in [0.25, 0.3) is 0 Å². The van der Waals surface area contributed by atoms with Crippen LogP contribution in [0.25, 0.3) is 0 Å². The average Bonchev–Trinajstić information content (AvgIpc) is 2.57. The molecule has 0 nitrogen and oxygen atoms in total. The van der Waals surface area contributed by atoms with Crippen LogP contribution in [0.5, 0.6) is 0 Å². The van der Waals surface area contributed by atoms with E-state index in [1.807, 2.05) is 11.8 Å². The van der Waals surface area contributed by atoms with Crippen molar-refractivity contribution in [2.24, 2.45) is 11.3 Å². The Labute approximate surface area is 104 Å². The third-order valence-electron chi connectivity index (χ3n) is 3.95. The highest BCUT2D eigenvalue weighted by Gasteiger charge is 2.33. The Morgan fingerprint density at radius 2 is 1.94 bits per heavy atom. The molecule has 0 aliphatic heterocycles. The molecule has 1 heteroatoms. The van der Waals surface area contributed by atoms with Crippen molar-refractivity contribution in [3.05, 3.63) is 29.8 Å². The lowest BCUT2D eigenvalue weighted by Gasteiger charge is -2.26. The van der Waals surface area contributed by atoms with E-state index in [1.165, 1.54) is 35.5 Å². The molecule has 0 heterocycles. The van der Waals surface area contributed by atoms with Gasteiger partial charge in [-0.2, -0.15) is 0 Å². The second-order valence-corrected chi connectivity index (χ2v) is 6.80. The van der Waals surface area contributed by atoms with Gasteiger partial charge in [0.2, 0.25) is 0 Å². The van der Waals surface area contributed by atoms with Gasteiger partial charge in [-0.3, -0.25) is 0 Å². The van der Waals surface area contributed by atoms with Gasteiger partial charge in [-0.1, -0.05) is 38.0 Å². The second kappa shape index (κ2) is 4.83. The molecule has 1 unspecified atom stereocenters. The summed E-state index contributed by atoms with van der Waals surface area (Å²) in [5.74, 6) is 2.19. The molecule has 0 amide bonds. The summed E-state index contributed by atoms with van der Waals surface area (Å²) in [6.45, 7) is 7.01. The van der Waals surface area contributed by atoms with Crippen LogP contribution in [0.1, 0.15) is 38.7 Å². The van der Waals surface area contributed by atoms with E-state index in [9.17, 15) is 0 Å². The fourth-order valence-corrected chi connectivity index (χ4v) is 3.88. The number of aryl methyl sites for hydroxylation is 1. The summed E-state index contributed by atoms with van der Waals surface area (Å²) < 4.78 is 0. The zero-order chi connectivity index (χ0) is 11.6. The van der Waals surface area contributed by atoms with Crippen LogP contribution < -0.4 is 0 Å². The van der Waals surface area contributed by atoms with E-state index in [-0.39, 0.29) is 0 Å². The number of rotatable bonds is 3. The molecule has 2 rings (SSSR count). The molecule has 1 atom stereocenters. The van der Waals surface area contributed by atoms with Gasteiger partial charge >= 0.3 is 0 Å². The average molecular weight is 234 g/mol. The molecule has 0 radical (unpaired) electrons. The Morgan fingerprint density at radius 3 is 2.50 bits per heavy atom. The fourth-order valence-electron chi connectivity index (χ4n) is 2.54. The van der Waals surface area contributed by atoms with Gasteiger partial charge in [-0.25, -0.2) is 0 Å². The third-order valence-corrected chi connectivity index (χ3v) is 5.13. The SMILES string of the molecule is Cc1ccc(SCC2CCCC2(C)C)cc1. The van der Waals surface area contributed by atoms with Crippen molar-refractivity contribution in [2.75, 3.05) is 5.75 Å². The summed E-state index contributed by atoms with van der Waals surface area (Å²) in [5, 5.41) is 0. The van der Waals surface area contributed by atoms with E-state index in [0.29, 0.717) is 5.41 Å². The van der Waals surface area contributed by atoms with Crippen molar-refractivity contribution in [2.45, 2.75) is 44.9 Å². The van der Waals surface area contributed by atoms with Gasteiger partial charge in [0.05, 0.1) is 0 Å². The third kappa shape index (κ3) is 2.82. The van der Waals surface area contributed by atoms with Crippen LogP contribution in [0.3, 0.4) is 0 Å². The summed E-state index contributed by atoms with van der Waals surface area (Å²) in [7, 11) is 0. The van der Waals surface area contributed by atoms with Crippen LogP contribution >= 0.6 is 11.8 Å². The van der Waals surface area contributed by atoms with Crippen molar-refractivity contribution in [1.82, 2.24) is 0 Å². The van der Waals surface area contributed by atoms with E-state index in [0.717, 1.165) is 5.92 Å². The summed E-state index contributed by atoms with van der Waals surface area (Å²) in [4.78, 5) is 1.42. The number of hydrogen-bond acceptors (Lipinski definition) is 1. The van der Waals surface area contributed by atoms with Gasteiger partial charge in [0, 0.05) is 10.6 Å². The first-order valence-corrected chi connectivity index (χ1v) is 7.26. The Hall–Kier alpha value is -0.430. The van der Waals surface area contributed by atoms with Crippen LogP contribution in [0, 0.1) is 18.3 Å². The first-order valence-electron chi connectivity index (χ1n) is 6.27. The van der Waals surface area contributed by atoms with Crippen molar-refractivity contribution < 1.29 is 0 Å². The van der Waals surface area contributed by atoms with Crippen molar-refractivity contribution in [1.29, 1.82) is 0 Å². The lowest BCUT2D eigenvalue weighted by atomic mass is 9.83. The molecule has 1 aliphatic carbocycles. The standard InChI is InChI=1S/C15H22S/c1-12-6-8-14(9-7-12)16-11-13-5-4-10-15(13,2)3/h6-9,13H,4-5,10-11H2,1-3H3. The summed E-state index contributed by atoms with van der Waals surface area (Å²) >= 11 is 2.03. The quantitative estimate of drug-likeness (QED) is 0.669. The Morgan fingerprint density at radius 1 is 1.25 bits per heavy atom. The topological polar surface area (TPSA) is 0 Å². The van der Waals surface area contributed by atoms with Gasteiger partial charge in [-0.05, 0) is 43.2 Å². The zero-order valence-electron chi connectivity index (χ0n) is 10.6. The lowest BCUT2D eigenvalue weighted by molar-refractivity contribution is 0.285. The van der Waals surface area contributed by atoms with Crippen LogP contribution in [0.4, 0.5) is 0 Å². The molecule has 0 aromatic heterocycles. The van der Waals surface area contributed by atoms with Crippen LogP contribution in [-0.4, -0.2) is 5.75 Å².